The van der Waals surface area contributed by atoms with E-state index in [1.54, 1.807) is 6.07 Å². The Morgan fingerprint density at radius 1 is 1.24 bits per heavy atom. The smallest absolute Gasteiger partial charge is 0.179 e. The zero-order chi connectivity index (χ0) is 18.9. The molecule has 1 aliphatic heterocycles. The molecule has 1 heterocycles. The predicted octanol–water partition coefficient (Wildman–Crippen LogP) is 4.29. The Bertz CT molecular complexity index is 796. The van der Waals surface area contributed by atoms with Gasteiger partial charge < -0.3 is 0 Å². The molecule has 0 N–H and O–H groups in total. The van der Waals surface area contributed by atoms with Crippen LogP contribution in [0.3, 0.4) is 0 Å². The van der Waals surface area contributed by atoms with E-state index >= 15 is 0 Å². The van der Waals surface area contributed by atoms with E-state index in [0.29, 0.717) is 18.7 Å². The van der Waals surface area contributed by atoms with Gasteiger partial charge in [0.15, 0.2) is 5.78 Å². The molecule has 21 heavy (non-hydrogen) atoms. The first-order chi connectivity index (χ1) is 12.2. The average molecular weight is 286 g/mol. The third kappa shape index (κ3) is 3.01. The largest absolute Gasteiger partial charge is 0.293 e. The second-order valence-corrected chi connectivity index (χ2v) is 5.57. The number of fused-ring (bicyclic) bond motifs is 1. The van der Waals surface area contributed by atoms with Gasteiger partial charge in [-0.25, -0.2) is 0 Å². The third-order valence-corrected chi connectivity index (χ3v) is 4.21. The number of rotatable bonds is 5. The van der Waals surface area contributed by atoms with E-state index in [1.165, 1.54) is 0 Å². The molecule has 0 saturated carbocycles. The van der Waals surface area contributed by atoms with E-state index in [9.17, 15) is 4.79 Å². The van der Waals surface area contributed by atoms with Gasteiger partial charge in [0.05, 0.1) is 6.04 Å². The Labute approximate surface area is 133 Å². The van der Waals surface area contributed by atoms with Crippen LogP contribution in [0.5, 0.6) is 0 Å². The van der Waals surface area contributed by atoms with Crippen molar-refractivity contribution in [3.05, 3.63) is 48.0 Å². The van der Waals surface area contributed by atoms with Gasteiger partial charge in [0, 0.05) is 12.4 Å². The molecule has 2 nitrogen and oxygen atoms in total. The summed E-state index contributed by atoms with van der Waals surface area (Å²) >= 11 is 0. The molecule has 1 saturated heterocycles. The highest BCUT2D eigenvalue weighted by molar-refractivity contribution is 6.03. The molecule has 2 heteroatoms. The maximum Gasteiger partial charge on any atom is 0.179 e. The predicted molar refractivity (Wildman–Crippen MR) is 87.8 cm³/mol. The number of hydrogen-bond donors (Lipinski definition) is 0. The molecule has 1 fully saturated rings. The highest BCUT2D eigenvalue weighted by Gasteiger charge is 2.28. The molecular formula is C19H23NO. The van der Waals surface area contributed by atoms with Crippen molar-refractivity contribution in [2.24, 2.45) is 0 Å². The van der Waals surface area contributed by atoms with Gasteiger partial charge in [0.2, 0.25) is 0 Å². The summed E-state index contributed by atoms with van der Waals surface area (Å²) < 4.78 is 38.4. The molecule has 3 rings (SSSR count). The van der Waals surface area contributed by atoms with Gasteiger partial charge >= 0.3 is 0 Å². The zero-order valence-electron chi connectivity index (χ0n) is 17.0. The summed E-state index contributed by atoms with van der Waals surface area (Å²) in [6, 6.07) is 12.4. The monoisotopic (exact) mass is 286 g/mol. The van der Waals surface area contributed by atoms with Gasteiger partial charge in [-0.1, -0.05) is 49.6 Å². The number of hydrogen-bond acceptors (Lipinski definition) is 2. The number of Topliss-reactive ketones (excluding diaryl/α,β-unsaturated/α-hetero) is 1. The number of carbonyl (C=O) groups excluding carboxylic acids is 1. The van der Waals surface area contributed by atoms with Crippen LogP contribution in [0.1, 0.15) is 49.7 Å². The maximum atomic E-state index is 13.2. The van der Waals surface area contributed by atoms with Gasteiger partial charge in [0.1, 0.15) is 0 Å². The molecule has 1 unspecified atom stereocenters. The van der Waals surface area contributed by atoms with Crippen molar-refractivity contribution < 1.29 is 11.6 Å². The summed E-state index contributed by atoms with van der Waals surface area (Å²) in [6.45, 7) is -1.36. The molecule has 0 amide bonds. The van der Waals surface area contributed by atoms with Gasteiger partial charge in [-0.15, -0.1) is 0 Å². The van der Waals surface area contributed by atoms with Gasteiger partial charge in [0.25, 0.3) is 0 Å². The van der Waals surface area contributed by atoms with Crippen LogP contribution in [0.25, 0.3) is 10.8 Å². The lowest BCUT2D eigenvalue weighted by Gasteiger charge is -2.26. The van der Waals surface area contributed by atoms with Crippen LogP contribution in [0, 0.1) is 0 Å². The Balaban J connectivity index is 1.93. The minimum atomic E-state index is -2.76. The second kappa shape index (κ2) is 6.40. The van der Waals surface area contributed by atoms with E-state index in [2.05, 4.69) is 0 Å². The normalized spacial score (nSPS) is 22.0. The summed E-state index contributed by atoms with van der Waals surface area (Å²) in [5, 5.41) is 1.97. The lowest BCUT2D eigenvalue weighted by atomic mass is 9.97. The van der Waals surface area contributed by atoms with Crippen LogP contribution in [-0.2, 0) is 0 Å². The van der Waals surface area contributed by atoms with E-state index in [0.717, 1.165) is 23.6 Å². The summed E-state index contributed by atoms with van der Waals surface area (Å²) in [5.74, 6) is -0.203. The average Bonchev–Trinajstić information content (AvgIpc) is 3.12. The van der Waals surface area contributed by atoms with Crippen molar-refractivity contribution in [3.63, 3.8) is 0 Å². The Morgan fingerprint density at radius 3 is 2.76 bits per heavy atom. The molecule has 0 bridgehead atoms. The zero-order valence-corrected chi connectivity index (χ0v) is 12.0. The molecule has 2 aromatic carbocycles. The van der Waals surface area contributed by atoms with E-state index in [-0.39, 0.29) is 12.2 Å². The van der Waals surface area contributed by atoms with E-state index in [1.807, 2.05) is 41.3 Å². The van der Waals surface area contributed by atoms with Crippen molar-refractivity contribution in [3.8, 4) is 0 Å². The van der Waals surface area contributed by atoms with Crippen LogP contribution >= 0.6 is 0 Å². The highest BCUT2D eigenvalue weighted by atomic mass is 16.1. The number of nitrogens with zero attached hydrogens (tertiary/aromatic N) is 1. The van der Waals surface area contributed by atoms with Gasteiger partial charge in [-0.05, 0) is 49.2 Å². The molecule has 0 spiro atoms. The minimum absolute atomic E-state index is 0.203. The van der Waals surface area contributed by atoms with Crippen LogP contribution < -0.4 is 0 Å². The Morgan fingerprint density at radius 2 is 2.00 bits per heavy atom. The lowest BCUT2D eigenvalue weighted by Crippen LogP contribution is -2.39. The topological polar surface area (TPSA) is 20.3 Å². The SMILES string of the molecule is [2H]C([2H])([2H])C([2H])([2H])CC(C(=O)c1ccc2ccccc2c1)N1CCCC1. The summed E-state index contributed by atoms with van der Waals surface area (Å²) in [6.07, 6.45) is -0.849. The first kappa shape index (κ1) is 9.37. The highest BCUT2D eigenvalue weighted by Crippen LogP contribution is 2.22. The fourth-order valence-corrected chi connectivity index (χ4v) is 3.07. The fourth-order valence-electron chi connectivity index (χ4n) is 3.07. The summed E-state index contributed by atoms with van der Waals surface area (Å²) in [4.78, 5) is 15.1. The molecule has 1 atom stereocenters. The Hall–Kier alpha value is -1.67. The van der Waals surface area contributed by atoms with Crippen LogP contribution in [-0.4, -0.2) is 29.8 Å². The molecule has 110 valence electrons. The molecule has 0 radical (unpaired) electrons. The van der Waals surface area contributed by atoms with Crippen LogP contribution in [0.4, 0.5) is 0 Å². The first-order valence-electron chi connectivity index (χ1n) is 9.96. The number of benzene rings is 2. The third-order valence-electron chi connectivity index (χ3n) is 4.21. The standard InChI is InChI=1S/C19H23NO/c1-2-7-18(20-12-5-6-13-20)19(21)17-11-10-15-8-3-4-9-16(15)14-17/h3-4,8-11,14,18H,2,5-7,12-13H2,1H3/i1D3,2D2. The van der Waals surface area contributed by atoms with Crippen LogP contribution in [0.2, 0.25) is 0 Å². The number of carbonyl (C=O) groups is 1. The van der Waals surface area contributed by atoms with Crippen molar-refractivity contribution in [1.82, 2.24) is 4.90 Å². The number of likely N-dealkylation sites (tertiary alicyclic amines) is 1. The molecular weight excluding hydrogens is 258 g/mol. The quantitative estimate of drug-likeness (QED) is 0.764. The maximum absolute atomic E-state index is 13.2. The van der Waals surface area contributed by atoms with Crippen molar-refractivity contribution in [2.45, 2.75) is 38.5 Å². The van der Waals surface area contributed by atoms with Crippen molar-refractivity contribution in [2.75, 3.05) is 13.1 Å². The second-order valence-electron chi connectivity index (χ2n) is 5.57. The molecule has 2 aromatic rings. The van der Waals surface area contributed by atoms with Gasteiger partial charge in [-0.3, -0.25) is 9.69 Å². The molecule has 0 aromatic heterocycles. The molecule has 1 aliphatic rings. The summed E-state index contributed by atoms with van der Waals surface area (Å²) in [7, 11) is 0. The molecule has 0 aliphatic carbocycles. The Kier molecular flexibility index (Phi) is 2.85. The lowest BCUT2D eigenvalue weighted by molar-refractivity contribution is 0.0837. The first-order valence-corrected chi connectivity index (χ1v) is 7.46. The van der Waals surface area contributed by atoms with E-state index < -0.39 is 19.3 Å². The van der Waals surface area contributed by atoms with E-state index in [4.69, 9.17) is 6.85 Å². The van der Waals surface area contributed by atoms with Crippen molar-refractivity contribution >= 4 is 16.6 Å². The fraction of sp³-hybridized carbons (Fsp3) is 0.421. The van der Waals surface area contributed by atoms with Gasteiger partial charge in [-0.2, -0.15) is 0 Å². The minimum Gasteiger partial charge on any atom is -0.293 e. The van der Waals surface area contributed by atoms with Crippen molar-refractivity contribution in [1.29, 1.82) is 0 Å². The van der Waals surface area contributed by atoms with Crippen LogP contribution in [0.15, 0.2) is 42.5 Å². The summed E-state index contributed by atoms with van der Waals surface area (Å²) in [5.41, 5.74) is 0.502. The number of ketones is 1.